The summed E-state index contributed by atoms with van der Waals surface area (Å²) in [5.74, 6) is 0. The molecule has 0 N–H and O–H groups in total. The van der Waals surface area contributed by atoms with Crippen LogP contribution in [0.2, 0.25) is 26.2 Å². The van der Waals surface area contributed by atoms with E-state index in [-0.39, 0.29) is 0 Å². The van der Waals surface area contributed by atoms with Gasteiger partial charge in [0.2, 0.25) is 0 Å². The highest BCUT2D eigenvalue weighted by molar-refractivity contribution is 7.04. The molecule has 2 aliphatic rings. The fourth-order valence-corrected chi connectivity index (χ4v) is 18.9. The van der Waals surface area contributed by atoms with E-state index in [4.69, 9.17) is 8.83 Å². The Bertz CT molecular complexity index is 4420. The lowest BCUT2D eigenvalue weighted by atomic mass is 10.0. The van der Waals surface area contributed by atoms with Gasteiger partial charge in [-0.1, -0.05) is 148 Å². The molecule has 0 unspecified atom stereocenters. The van der Waals surface area contributed by atoms with Crippen LogP contribution in [0.25, 0.3) is 87.7 Å². The Kier molecular flexibility index (Phi) is 8.64. The van der Waals surface area contributed by atoms with Crippen molar-refractivity contribution in [2.24, 2.45) is 0 Å². The van der Waals surface area contributed by atoms with E-state index < -0.39 is 16.1 Å². The second-order valence-electron chi connectivity index (χ2n) is 20.9. The molecule has 0 amide bonds. The molecule has 0 spiro atoms. The molecular weight excluding hydrogens is 909 g/mol. The highest BCUT2D eigenvalue weighted by atomic mass is 28.3. The summed E-state index contributed by atoms with van der Waals surface area (Å²) in [7, 11) is -3.78. The van der Waals surface area contributed by atoms with Crippen LogP contribution in [0.3, 0.4) is 0 Å². The van der Waals surface area contributed by atoms with Gasteiger partial charge in [0.25, 0.3) is 0 Å². The third-order valence-electron chi connectivity index (χ3n) is 16.2. The van der Waals surface area contributed by atoms with E-state index in [1.54, 1.807) is 0 Å². The number of fused-ring (bicyclic) bond motifs is 15. The van der Waals surface area contributed by atoms with Gasteiger partial charge in [-0.05, 0) is 150 Å². The molecule has 6 heteroatoms. The number of anilines is 6. The topological polar surface area (TPSA) is 32.8 Å². The number of hydrogen-bond acceptors (Lipinski definition) is 4. The number of furan rings is 2. The van der Waals surface area contributed by atoms with Gasteiger partial charge in [0.05, 0.1) is 16.8 Å². The zero-order chi connectivity index (χ0) is 48.0. The Morgan fingerprint density at radius 2 is 0.792 bits per heavy atom. The highest BCUT2D eigenvalue weighted by Gasteiger charge is 2.41. The Morgan fingerprint density at radius 3 is 1.33 bits per heavy atom. The van der Waals surface area contributed by atoms with Crippen molar-refractivity contribution in [3.8, 4) is 22.3 Å². The molecule has 2 aliphatic heterocycles. The summed E-state index contributed by atoms with van der Waals surface area (Å²) in [5.41, 5.74) is 15.7. The van der Waals surface area contributed by atoms with Crippen molar-refractivity contribution < 1.29 is 8.83 Å². The summed E-state index contributed by atoms with van der Waals surface area (Å²) in [5, 5.41) is 14.8. The first-order valence-corrected chi connectivity index (χ1v) is 31.1. The number of benzene rings is 11. The molecule has 2 aromatic heterocycles. The normalized spacial score (nSPS) is 14.1. The Morgan fingerprint density at radius 1 is 0.319 bits per heavy atom. The largest absolute Gasteiger partial charge is 0.456 e. The van der Waals surface area contributed by atoms with Crippen LogP contribution >= 0.6 is 0 Å². The highest BCUT2D eigenvalue weighted by Crippen LogP contribution is 2.47. The van der Waals surface area contributed by atoms with Crippen LogP contribution in [0.15, 0.2) is 227 Å². The van der Waals surface area contributed by atoms with Crippen LogP contribution in [-0.4, -0.2) is 16.1 Å². The molecule has 0 aliphatic carbocycles. The van der Waals surface area contributed by atoms with Crippen molar-refractivity contribution in [1.82, 2.24) is 0 Å². The standard InChI is InChI=1S/C66H48N2O2Si2/c1-71(2)59-25-13-11-21-50(59)63-54(23-15-27-61(63)71)67(45-17-7-5-8-18-45)47-31-29-41-37-52-49-33-34-56-65(66(49)70-57(52)39-43(41)35-47)53-38-42-30-32-48(36-44(42)40-58(53)69-56)68(46-19-9-6-10-20-46)55-24-16-28-62-64(55)51-22-12-14-26-60(51)72(62,3)4/h5-40H,1-4H3. The van der Waals surface area contributed by atoms with Gasteiger partial charge in [-0.15, -0.1) is 0 Å². The molecular formula is C66H48N2O2Si2. The lowest BCUT2D eigenvalue weighted by Gasteiger charge is -2.29. The van der Waals surface area contributed by atoms with Gasteiger partial charge in [-0.3, -0.25) is 0 Å². The lowest BCUT2D eigenvalue weighted by Crippen LogP contribution is -2.49. The Labute approximate surface area is 419 Å². The monoisotopic (exact) mass is 956 g/mol. The van der Waals surface area contributed by atoms with Crippen molar-refractivity contribution in [3.05, 3.63) is 218 Å². The summed E-state index contributed by atoms with van der Waals surface area (Å²) in [6, 6.07) is 80.5. The van der Waals surface area contributed by atoms with E-state index in [1.165, 1.54) is 54.4 Å². The molecule has 72 heavy (non-hydrogen) atoms. The molecule has 4 nitrogen and oxygen atoms in total. The van der Waals surface area contributed by atoms with Crippen LogP contribution in [0.5, 0.6) is 0 Å². The fraction of sp³-hybridized carbons (Fsp3) is 0.0606. The first-order valence-electron chi connectivity index (χ1n) is 25.1. The second kappa shape index (κ2) is 15.0. The van der Waals surface area contributed by atoms with Crippen LogP contribution < -0.4 is 30.5 Å². The van der Waals surface area contributed by atoms with E-state index in [0.29, 0.717) is 0 Å². The minimum Gasteiger partial charge on any atom is -0.456 e. The van der Waals surface area contributed by atoms with Crippen molar-refractivity contribution >= 4 is 136 Å². The molecule has 0 atom stereocenters. The van der Waals surface area contributed by atoms with E-state index in [1.807, 2.05) is 0 Å². The maximum Gasteiger partial charge on any atom is 0.147 e. The summed E-state index contributed by atoms with van der Waals surface area (Å²) in [6.07, 6.45) is 0. The first-order chi connectivity index (χ1) is 35.2. The van der Waals surface area contributed by atoms with Crippen molar-refractivity contribution in [2.75, 3.05) is 9.80 Å². The maximum atomic E-state index is 7.00. The minimum absolute atomic E-state index is 0.817. The molecule has 0 bridgehead atoms. The van der Waals surface area contributed by atoms with Gasteiger partial charge in [-0.2, -0.15) is 0 Å². The number of hydrogen-bond donors (Lipinski definition) is 0. The molecule has 11 aromatic carbocycles. The SMILES string of the molecule is C[Si]1(C)c2ccccc2-c2c(N(c3ccccc3)c3ccc4cc5c(cc4c3)oc3c5ccc4oc5cc6cc(N(c7ccccc7)c7cccc8c7-c7ccccc7[Si]8(C)C)ccc6cc5c43)cccc21. The zero-order valence-electron chi connectivity index (χ0n) is 40.5. The predicted octanol–water partition coefficient (Wildman–Crippen LogP) is 16.3. The van der Waals surface area contributed by atoms with Crippen molar-refractivity contribution in [2.45, 2.75) is 26.2 Å². The van der Waals surface area contributed by atoms with Crippen LogP contribution in [0, 0.1) is 0 Å². The molecule has 342 valence electrons. The van der Waals surface area contributed by atoms with Crippen LogP contribution in [0.1, 0.15) is 0 Å². The van der Waals surface area contributed by atoms with Gasteiger partial charge in [0, 0.05) is 50.0 Å². The molecule has 13 aromatic rings. The van der Waals surface area contributed by atoms with Gasteiger partial charge in [-0.25, -0.2) is 0 Å². The van der Waals surface area contributed by atoms with Gasteiger partial charge in [0.15, 0.2) is 0 Å². The maximum absolute atomic E-state index is 7.00. The number of nitrogens with zero attached hydrogens (tertiary/aromatic N) is 2. The molecule has 0 radical (unpaired) electrons. The van der Waals surface area contributed by atoms with E-state index in [0.717, 1.165) is 88.2 Å². The number of para-hydroxylation sites is 2. The fourth-order valence-electron chi connectivity index (χ4n) is 12.7. The van der Waals surface area contributed by atoms with Crippen LogP contribution in [0.4, 0.5) is 34.1 Å². The third-order valence-corrected chi connectivity index (χ3v) is 23.2. The zero-order valence-corrected chi connectivity index (χ0v) is 42.5. The average Bonchev–Trinajstić information content (AvgIpc) is 4.10. The minimum atomic E-state index is -1.89. The summed E-state index contributed by atoms with van der Waals surface area (Å²) < 4.78 is 13.8. The first kappa shape index (κ1) is 41.4. The quantitative estimate of drug-likeness (QED) is 0.156. The lowest BCUT2D eigenvalue weighted by molar-refractivity contribution is 0.663. The van der Waals surface area contributed by atoms with E-state index in [2.05, 4.69) is 254 Å². The van der Waals surface area contributed by atoms with Crippen molar-refractivity contribution in [1.29, 1.82) is 0 Å². The third kappa shape index (κ3) is 5.85. The molecule has 0 saturated carbocycles. The van der Waals surface area contributed by atoms with E-state index in [9.17, 15) is 0 Å². The van der Waals surface area contributed by atoms with Gasteiger partial charge >= 0.3 is 0 Å². The van der Waals surface area contributed by atoms with Crippen LogP contribution in [-0.2, 0) is 0 Å². The predicted molar refractivity (Wildman–Crippen MR) is 310 cm³/mol. The van der Waals surface area contributed by atoms with Crippen molar-refractivity contribution in [3.63, 3.8) is 0 Å². The molecule has 0 fully saturated rings. The average molecular weight is 957 g/mol. The summed E-state index contributed by atoms with van der Waals surface area (Å²) >= 11 is 0. The molecule has 4 heterocycles. The summed E-state index contributed by atoms with van der Waals surface area (Å²) in [4.78, 5) is 4.88. The Balaban J connectivity index is 0.857. The van der Waals surface area contributed by atoms with Gasteiger partial charge in [0.1, 0.15) is 38.5 Å². The second-order valence-corrected chi connectivity index (χ2v) is 29.5. The molecule has 0 saturated heterocycles. The number of rotatable bonds is 6. The van der Waals surface area contributed by atoms with Gasteiger partial charge < -0.3 is 18.6 Å². The smallest absolute Gasteiger partial charge is 0.147 e. The van der Waals surface area contributed by atoms with E-state index >= 15 is 0 Å². The summed E-state index contributed by atoms with van der Waals surface area (Å²) in [6.45, 7) is 9.93. The Hall–Kier alpha value is -8.43. The molecule has 15 rings (SSSR count).